The lowest BCUT2D eigenvalue weighted by Crippen LogP contribution is -2.45. The van der Waals surface area contributed by atoms with E-state index >= 15 is 0 Å². The number of hydrogen-bond acceptors (Lipinski definition) is 11. The van der Waals surface area contributed by atoms with Gasteiger partial charge in [0.15, 0.2) is 25.6 Å². The van der Waals surface area contributed by atoms with Gasteiger partial charge in [0.1, 0.15) is 11.8 Å². The predicted octanol–water partition coefficient (Wildman–Crippen LogP) is 9.62. The number of nitro benzene ring substituents is 1. The smallest absolute Gasteiger partial charge is 0.270 e. The quantitative estimate of drug-likeness (QED) is 0.0522. The molecule has 1 aliphatic heterocycles. The van der Waals surface area contributed by atoms with E-state index in [1.54, 1.807) is 14.2 Å². The summed E-state index contributed by atoms with van der Waals surface area (Å²) in [5.74, 6) is 1.70. The van der Waals surface area contributed by atoms with E-state index in [0.717, 1.165) is 36.2 Å². The van der Waals surface area contributed by atoms with E-state index in [-0.39, 0.29) is 28.1 Å². The van der Waals surface area contributed by atoms with Gasteiger partial charge in [-0.05, 0) is 57.1 Å². The van der Waals surface area contributed by atoms with E-state index in [0.29, 0.717) is 48.7 Å². The molecule has 0 saturated carbocycles. The fourth-order valence-corrected chi connectivity index (χ4v) is 8.12. The minimum atomic E-state index is -1.13. The van der Waals surface area contributed by atoms with Crippen LogP contribution in [0.5, 0.6) is 11.5 Å². The molecule has 0 amide bonds. The van der Waals surface area contributed by atoms with Gasteiger partial charge in [-0.2, -0.15) is 10.5 Å². The van der Waals surface area contributed by atoms with Crippen LogP contribution in [-0.2, 0) is 9.05 Å². The lowest BCUT2D eigenvalue weighted by molar-refractivity contribution is -0.384. The van der Waals surface area contributed by atoms with Crippen LogP contribution in [0.3, 0.4) is 0 Å². The van der Waals surface area contributed by atoms with Crippen molar-refractivity contribution >= 4 is 36.7 Å². The van der Waals surface area contributed by atoms with Crippen molar-refractivity contribution < 1.29 is 23.4 Å². The molecule has 1 aliphatic rings. The Morgan fingerprint density at radius 1 is 1.02 bits per heavy atom. The van der Waals surface area contributed by atoms with Crippen LogP contribution in [0.25, 0.3) is 5.57 Å². The molecule has 1 atom stereocenters. The van der Waals surface area contributed by atoms with Crippen LogP contribution >= 0.6 is 8.38 Å². The van der Waals surface area contributed by atoms with Crippen molar-refractivity contribution in [1.82, 2.24) is 0 Å². The Labute approximate surface area is 285 Å². The molecular formula is C35H47N6O6P. The maximum atomic E-state index is 11.2. The van der Waals surface area contributed by atoms with Crippen molar-refractivity contribution in [1.29, 1.82) is 10.5 Å². The molecule has 12 nitrogen and oxygen atoms in total. The van der Waals surface area contributed by atoms with E-state index in [1.165, 1.54) is 18.2 Å². The first kappa shape index (κ1) is 38.4. The molecule has 0 aromatic heterocycles. The molecule has 2 aromatic carbocycles. The maximum Gasteiger partial charge on any atom is 0.270 e. The zero-order valence-electron chi connectivity index (χ0n) is 29.4. The molecule has 2 aromatic rings. The third kappa shape index (κ3) is 9.08. The summed E-state index contributed by atoms with van der Waals surface area (Å²) in [6.07, 6.45) is 4.22. The molecule has 0 aliphatic carbocycles. The Bertz CT molecular complexity index is 1590. The van der Waals surface area contributed by atoms with Gasteiger partial charge in [-0.25, -0.2) is 0 Å². The van der Waals surface area contributed by atoms with Crippen molar-refractivity contribution in [2.45, 2.75) is 78.9 Å². The second-order valence-corrected chi connectivity index (χ2v) is 14.5. The Morgan fingerprint density at radius 2 is 1.71 bits per heavy atom. The molecule has 0 spiro atoms. The second kappa shape index (κ2) is 17.3. The largest absolute Gasteiger partial charge is 0.494 e. The highest BCUT2D eigenvalue weighted by Crippen LogP contribution is 2.53. The van der Waals surface area contributed by atoms with Gasteiger partial charge in [0, 0.05) is 36.0 Å². The fourth-order valence-electron chi connectivity index (χ4n) is 6.15. The number of anilines is 1. The topological polar surface area (TPSA) is 156 Å². The first-order valence-corrected chi connectivity index (χ1v) is 17.3. The van der Waals surface area contributed by atoms with E-state index in [2.05, 4.69) is 68.8 Å². The molecular weight excluding hydrogens is 631 g/mol. The number of allylic oxidation sites excluding steroid dienone is 1. The first-order chi connectivity index (χ1) is 22.8. The number of methoxy groups -OCH3 is 2. The van der Waals surface area contributed by atoms with Gasteiger partial charge >= 0.3 is 0 Å². The molecule has 0 fully saturated rings. The van der Waals surface area contributed by atoms with Crippen molar-refractivity contribution in [3.63, 3.8) is 0 Å². The highest BCUT2D eigenvalue weighted by molar-refractivity contribution is 7.48. The Morgan fingerprint density at radius 3 is 2.29 bits per heavy atom. The standard InChI is InChI=1S/C35H47N6O6P/c1-23(2)34(24(3)4)48(47-18-12-15-36)46-17-11-10-16-40-29-20-30(44-8)32(33(45-9)31(29)25(5)21-35(40,6)7)39-38-28-14-13-27(41(42)43)19-26(28)22-37/h13-14,19-21,23-24,34H,10-12,16-18H2,1-9H3/b39-38+. The Kier molecular flexibility index (Phi) is 13.9. The van der Waals surface area contributed by atoms with Gasteiger partial charge in [0.25, 0.3) is 5.69 Å². The highest BCUT2D eigenvalue weighted by Gasteiger charge is 2.35. The lowest BCUT2D eigenvalue weighted by atomic mass is 9.87. The molecule has 1 heterocycles. The van der Waals surface area contributed by atoms with E-state index in [4.69, 9.17) is 23.8 Å². The van der Waals surface area contributed by atoms with Crippen molar-refractivity contribution in [2.75, 3.05) is 38.9 Å². The molecule has 0 bridgehead atoms. The molecule has 13 heteroatoms. The number of nitriles is 2. The predicted molar refractivity (Wildman–Crippen MR) is 188 cm³/mol. The summed E-state index contributed by atoms with van der Waals surface area (Å²) in [4.78, 5) is 12.9. The summed E-state index contributed by atoms with van der Waals surface area (Å²) in [5.41, 5.74) is 3.12. The van der Waals surface area contributed by atoms with Gasteiger partial charge in [-0.3, -0.25) is 10.1 Å². The number of rotatable bonds is 17. The number of hydrogen-bond donors (Lipinski definition) is 0. The maximum absolute atomic E-state index is 11.2. The molecule has 48 heavy (non-hydrogen) atoms. The normalized spacial score (nSPS) is 14.5. The Hall–Kier alpha value is -4.09. The van der Waals surface area contributed by atoms with Gasteiger partial charge in [-0.15, -0.1) is 10.2 Å². The van der Waals surface area contributed by atoms with Crippen LogP contribution in [0.2, 0.25) is 0 Å². The molecule has 0 saturated heterocycles. The van der Waals surface area contributed by atoms with Crippen molar-refractivity contribution in [3.05, 3.63) is 51.6 Å². The van der Waals surface area contributed by atoms with Crippen LogP contribution in [0.1, 0.15) is 78.9 Å². The average molecular weight is 679 g/mol. The second-order valence-electron chi connectivity index (χ2n) is 12.8. The van der Waals surface area contributed by atoms with Crippen LogP contribution in [0.4, 0.5) is 22.7 Å². The van der Waals surface area contributed by atoms with Gasteiger partial charge in [-0.1, -0.05) is 33.8 Å². The number of benzene rings is 2. The number of nitrogens with zero attached hydrogens (tertiary/aromatic N) is 6. The summed E-state index contributed by atoms with van der Waals surface area (Å²) in [6.45, 7) is 16.8. The van der Waals surface area contributed by atoms with Crippen molar-refractivity contribution in [3.8, 4) is 23.6 Å². The molecule has 3 rings (SSSR count). The van der Waals surface area contributed by atoms with Crippen LogP contribution in [0, 0.1) is 44.6 Å². The zero-order valence-corrected chi connectivity index (χ0v) is 30.3. The lowest BCUT2D eigenvalue weighted by Gasteiger charge is -2.44. The average Bonchev–Trinajstić information content (AvgIpc) is 3.03. The SMILES string of the molecule is COc1cc2c(c(OC)c1/N=N/c1ccc([N+](=O)[O-])cc1C#N)C(C)=CC(C)(C)N2CCCCOP(OCCC#N)C(C(C)C)C(C)C. The molecule has 258 valence electrons. The monoisotopic (exact) mass is 678 g/mol. The first-order valence-electron chi connectivity index (χ1n) is 16.1. The van der Waals surface area contributed by atoms with Gasteiger partial charge in [0.05, 0.1) is 61.6 Å². The minimum absolute atomic E-state index is 0.0297. The summed E-state index contributed by atoms with van der Waals surface area (Å²) in [6, 6.07) is 9.88. The van der Waals surface area contributed by atoms with Gasteiger partial charge in [0.2, 0.25) is 0 Å². The van der Waals surface area contributed by atoms with E-state index in [9.17, 15) is 15.4 Å². The third-order valence-electron chi connectivity index (χ3n) is 8.18. The van der Waals surface area contributed by atoms with E-state index in [1.807, 2.05) is 19.1 Å². The minimum Gasteiger partial charge on any atom is -0.494 e. The van der Waals surface area contributed by atoms with Crippen molar-refractivity contribution in [2.24, 2.45) is 22.1 Å². The zero-order chi connectivity index (χ0) is 35.6. The highest BCUT2D eigenvalue weighted by atomic mass is 31.2. The summed E-state index contributed by atoms with van der Waals surface area (Å²) in [5, 5.41) is 38.5. The molecule has 0 radical (unpaired) electrons. The third-order valence-corrected chi connectivity index (χ3v) is 10.7. The Balaban J connectivity index is 1.88. The number of ether oxygens (including phenoxy) is 2. The summed E-state index contributed by atoms with van der Waals surface area (Å²) < 4.78 is 24.2. The van der Waals surface area contributed by atoms with Crippen LogP contribution in [0.15, 0.2) is 40.6 Å². The summed E-state index contributed by atoms with van der Waals surface area (Å²) in [7, 11) is 1.98. The summed E-state index contributed by atoms with van der Waals surface area (Å²) >= 11 is 0. The fraction of sp³-hybridized carbons (Fsp3) is 0.543. The van der Waals surface area contributed by atoms with E-state index < -0.39 is 13.3 Å². The van der Waals surface area contributed by atoms with Crippen LogP contribution in [-0.4, -0.2) is 50.1 Å². The number of non-ortho nitro benzene ring substituents is 1. The number of fused-ring (bicyclic) bond motifs is 1. The van der Waals surface area contributed by atoms with Crippen LogP contribution < -0.4 is 14.4 Å². The number of unbranched alkanes of at least 4 members (excludes halogenated alkanes) is 1. The molecule has 0 N–H and O–H groups in total. The number of azo groups is 1. The number of nitro groups is 1. The molecule has 1 unspecified atom stereocenters. The van der Waals surface area contributed by atoms with Gasteiger partial charge < -0.3 is 23.4 Å².